The third-order valence-electron chi connectivity index (χ3n) is 2.69. The van der Waals surface area contributed by atoms with Crippen molar-refractivity contribution in [3.8, 4) is 17.2 Å². The maximum absolute atomic E-state index is 12.0. The van der Waals surface area contributed by atoms with E-state index in [1.807, 2.05) is 0 Å². The van der Waals surface area contributed by atoms with Gasteiger partial charge in [-0.1, -0.05) is 6.07 Å². The first-order valence-electron chi connectivity index (χ1n) is 5.70. The maximum Gasteiger partial charge on any atom is 0.273 e. The lowest BCUT2D eigenvalue weighted by Crippen LogP contribution is -2.12. The van der Waals surface area contributed by atoms with Gasteiger partial charge in [0, 0.05) is 6.07 Å². The van der Waals surface area contributed by atoms with E-state index in [0.717, 1.165) is 18.2 Å². The van der Waals surface area contributed by atoms with Crippen LogP contribution in [0.5, 0.6) is 17.2 Å². The normalized spacial score (nSPS) is 10.1. The number of nitro benzene ring substituents is 1. The Morgan fingerprint density at radius 1 is 1.05 bits per heavy atom. The molecule has 108 valence electrons. The van der Waals surface area contributed by atoms with Crippen molar-refractivity contribution >= 4 is 17.3 Å². The van der Waals surface area contributed by atoms with E-state index in [1.54, 1.807) is 0 Å². The lowest BCUT2D eigenvalue weighted by atomic mass is 10.1. The molecule has 8 heteroatoms. The predicted molar refractivity (Wildman–Crippen MR) is 72.5 cm³/mol. The second-order valence-corrected chi connectivity index (χ2v) is 4.08. The summed E-state index contributed by atoms with van der Waals surface area (Å²) in [5, 5.41) is 41.5. The monoisotopic (exact) mass is 290 g/mol. The minimum absolute atomic E-state index is 0.0896. The summed E-state index contributed by atoms with van der Waals surface area (Å²) in [6.07, 6.45) is 0. The molecule has 0 fully saturated rings. The van der Waals surface area contributed by atoms with E-state index in [4.69, 9.17) is 0 Å². The van der Waals surface area contributed by atoms with Gasteiger partial charge in [0.25, 0.3) is 11.6 Å². The van der Waals surface area contributed by atoms with Crippen molar-refractivity contribution in [1.29, 1.82) is 0 Å². The average molecular weight is 290 g/mol. The molecule has 0 aliphatic carbocycles. The molecule has 0 aliphatic heterocycles. The van der Waals surface area contributed by atoms with Crippen molar-refractivity contribution in [2.75, 3.05) is 5.32 Å². The van der Waals surface area contributed by atoms with Crippen LogP contribution in [0.25, 0.3) is 0 Å². The third-order valence-corrected chi connectivity index (χ3v) is 2.69. The Kier molecular flexibility index (Phi) is 3.61. The number of amides is 1. The van der Waals surface area contributed by atoms with Crippen molar-refractivity contribution in [3.63, 3.8) is 0 Å². The fraction of sp³-hybridized carbons (Fsp3) is 0. The van der Waals surface area contributed by atoms with Crippen LogP contribution in [0.3, 0.4) is 0 Å². The third kappa shape index (κ3) is 2.84. The number of non-ortho nitro benzene ring substituents is 1. The zero-order valence-electron chi connectivity index (χ0n) is 10.5. The first-order chi connectivity index (χ1) is 9.90. The Balaban J connectivity index is 2.30. The van der Waals surface area contributed by atoms with Gasteiger partial charge in [-0.25, -0.2) is 0 Å². The van der Waals surface area contributed by atoms with Crippen LogP contribution in [0.15, 0.2) is 36.4 Å². The summed E-state index contributed by atoms with van der Waals surface area (Å²) in [7, 11) is 0. The number of nitrogens with zero attached hydrogens (tertiary/aromatic N) is 1. The van der Waals surface area contributed by atoms with Gasteiger partial charge in [-0.05, 0) is 18.2 Å². The van der Waals surface area contributed by atoms with E-state index in [2.05, 4.69) is 5.32 Å². The number of nitrogens with one attached hydrogen (secondary N) is 1. The molecule has 8 nitrogen and oxygen atoms in total. The standard InChI is InChI=1S/C13H10N2O6/c16-9-2-1-3-10(17)12(9)13(19)14-8-5-4-7(15(20)21)6-11(8)18/h1-6,16-18H,(H,14,19). The van der Waals surface area contributed by atoms with Gasteiger partial charge in [-0.15, -0.1) is 0 Å². The highest BCUT2D eigenvalue weighted by Gasteiger charge is 2.18. The van der Waals surface area contributed by atoms with E-state index in [0.29, 0.717) is 0 Å². The Morgan fingerprint density at radius 3 is 2.19 bits per heavy atom. The second kappa shape index (κ2) is 5.37. The van der Waals surface area contributed by atoms with Gasteiger partial charge in [0.05, 0.1) is 16.7 Å². The molecule has 0 bridgehead atoms. The summed E-state index contributed by atoms with van der Waals surface area (Å²) in [4.78, 5) is 21.8. The van der Waals surface area contributed by atoms with Crippen LogP contribution in [-0.2, 0) is 0 Å². The minimum Gasteiger partial charge on any atom is -0.507 e. The summed E-state index contributed by atoms with van der Waals surface area (Å²) in [5.41, 5.74) is -0.792. The predicted octanol–water partition coefficient (Wildman–Crippen LogP) is 1.96. The number of nitro groups is 1. The number of aromatic hydroxyl groups is 3. The summed E-state index contributed by atoms with van der Waals surface area (Å²) < 4.78 is 0. The molecular formula is C13H10N2O6. The van der Waals surface area contributed by atoms with Crippen molar-refractivity contribution in [1.82, 2.24) is 0 Å². The molecule has 21 heavy (non-hydrogen) atoms. The van der Waals surface area contributed by atoms with E-state index in [-0.39, 0.29) is 16.9 Å². The Bertz CT molecular complexity index is 708. The Hall–Kier alpha value is -3.29. The number of hydrogen-bond donors (Lipinski definition) is 4. The zero-order valence-corrected chi connectivity index (χ0v) is 10.5. The highest BCUT2D eigenvalue weighted by Crippen LogP contribution is 2.31. The molecule has 2 aromatic carbocycles. The molecule has 2 rings (SSSR count). The topological polar surface area (TPSA) is 133 Å². The fourth-order valence-corrected chi connectivity index (χ4v) is 1.69. The molecule has 2 aromatic rings. The van der Waals surface area contributed by atoms with E-state index in [1.165, 1.54) is 18.2 Å². The van der Waals surface area contributed by atoms with Crippen molar-refractivity contribution in [3.05, 3.63) is 52.1 Å². The van der Waals surface area contributed by atoms with Gasteiger partial charge in [0.15, 0.2) is 0 Å². The summed E-state index contributed by atoms with van der Waals surface area (Å²) in [5.74, 6) is -2.25. The van der Waals surface area contributed by atoms with E-state index < -0.39 is 28.1 Å². The molecule has 0 aromatic heterocycles. The van der Waals surface area contributed by atoms with Gasteiger partial charge in [-0.2, -0.15) is 0 Å². The SMILES string of the molecule is O=C(Nc1ccc([N+](=O)[O-])cc1O)c1c(O)cccc1O. The van der Waals surface area contributed by atoms with Gasteiger partial charge in [0.2, 0.25) is 0 Å². The van der Waals surface area contributed by atoms with Gasteiger partial charge < -0.3 is 20.6 Å². The number of rotatable bonds is 3. The number of carbonyl (C=O) groups excluding carboxylic acids is 1. The molecular weight excluding hydrogens is 280 g/mol. The number of phenolic OH excluding ortho intramolecular Hbond substituents is 3. The number of anilines is 1. The molecule has 0 spiro atoms. The summed E-state index contributed by atoms with van der Waals surface area (Å²) in [6.45, 7) is 0. The average Bonchev–Trinajstić information content (AvgIpc) is 2.40. The highest BCUT2D eigenvalue weighted by atomic mass is 16.6. The van der Waals surface area contributed by atoms with Gasteiger partial charge >= 0.3 is 0 Å². The van der Waals surface area contributed by atoms with Crippen LogP contribution < -0.4 is 5.32 Å². The van der Waals surface area contributed by atoms with Crippen LogP contribution >= 0.6 is 0 Å². The van der Waals surface area contributed by atoms with E-state index >= 15 is 0 Å². The molecule has 0 saturated heterocycles. The number of carbonyl (C=O) groups is 1. The lowest BCUT2D eigenvalue weighted by molar-refractivity contribution is -0.384. The Morgan fingerprint density at radius 2 is 1.67 bits per heavy atom. The van der Waals surface area contributed by atoms with Gasteiger partial charge in [0.1, 0.15) is 22.8 Å². The molecule has 4 N–H and O–H groups in total. The molecule has 0 atom stereocenters. The van der Waals surface area contributed by atoms with Crippen LogP contribution in [0.1, 0.15) is 10.4 Å². The quantitative estimate of drug-likeness (QED) is 0.388. The van der Waals surface area contributed by atoms with Crippen molar-refractivity contribution in [2.24, 2.45) is 0 Å². The molecule has 0 unspecified atom stereocenters. The molecule has 0 radical (unpaired) electrons. The lowest BCUT2D eigenvalue weighted by Gasteiger charge is -2.09. The number of hydrogen-bond acceptors (Lipinski definition) is 6. The molecule has 0 heterocycles. The summed E-state index contributed by atoms with van der Waals surface area (Å²) in [6, 6.07) is 6.89. The van der Waals surface area contributed by atoms with Crippen LogP contribution in [0.2, 0.25) is 0 Å². The zero-order chi connectivity index (χ0) is 15.6. The minimum atomic E-state index is -0.866. The smallest absolute Gasteiger partial charge is 0.273 e. The summed E-state index contributed by atoms with van der Waals surface area (Å²) >= 11 is 0. The van der Waals surface area contributed by atoms with Crippen LogP contribution in [-0.4, -0.2) is 26.2 Å². The maximum atomic E-state index is 12.0. The highest BCUT2D eigenvalue weighted by molar-refractivity contribution is 6.08. The first kappa shape index (κ1) is 14.1. The molecule has 0 saturated carbocycles. The largest absolute Gasteiger partial charge is 0.507 e. The van der Waals surface area contributed by atoms with Crippen LogP contribution in [0.4, 0.5) is 11.4 Å². The van der Waals surface area contributed by atoms with Gasteiger partial charge in [-0.3, -0.25) is 14.9 Å². The first-order valence-corrected chi connectivity index (χ1v) is 5.70. The second-order valence-electron chi connectivity index (χ2n) is 4.08. The molecule has 1 amide bonds. The van der Waals surface area contributed by atoms with Crippen LogP contribution in [0, 0.1) is 10.1 Å². The van der Waals surface area contributed by atoms with Crippen molar-refractivity contribution in [2.45, 2.75) is 0 Å². The van der Waals surface area contributed by atoms with E-state index in [9.17, 15) is 30.2 Å². The fourth-order valence-electron chi connectivity index (χ4n) is 1.69. The van der Waals surface area contributed by atoms with Crippen molar-refractivity contribution < 1.29 is 25.0 Å². The molecule has 0 aliphatic rings. The Labute approximate surface area is 118 Å². The number of phenols is 3. The number of benzene rings is 2.